The summed E-state index contributed by atoms with van der Waals surface area (Å²) < 4.78 is 5.17. The summed E-state index contributed by atoms with van der Waals surface area (Å²) in [5, 5.41) is 23.4. The number of ether oxygens (including phenoxy) is 1. The van der Waals surface area contributed by atoms with E-state index in [1.165, 1.54) is 6.08 Å². The number of carbonyl (C=O) groups is 1. The first-order valence-electron chi connectivity index (χ1n) is 7.49. The molecular weight excluding hydrogens is 296 g/mol. The predicted molar refractivity (Wildman–Crippen MR) is 88.0 cm³/mol. The van der Waals surface area contributed by atoms with Crippen LogP contribution in [0, 0.1) is 0 Å². The molecule has 0 saturated carbocycles. The van der Waals surface area contributed by atoms with E-state index < -0.39 is 23.8 Å². The molecule has 0 aromatic heterocycles. The maximum absolute atomic E-state index is 11.9. The third-order valence-electron chi connectivity index (χ3n) is 3.08. The summed E-state index contributed by atoms with van der Waals surface area (Å²) in [5.74, 6) is 0. The van der Waals surface area contributed by atoms with Crippen molar-refractivity contribution in [2.45, 2.75) is 45.0 Å². The average Bonchev–Trinajstić information content (AvgIpc) is 2.46. The van der Waals surface area contributed by atoms with Crippen molar-refractivity contribution in [3.8, 4) is 0 Å². The average molecular weight is 322 g/mol. The first kappa shape index (κ1) is 19.2. The Hall–Kier alpha value is -1.89. The van der Waals surface area contributed by atoms with E-state index in [0.717, 1.165) is 10.6 Å². The third-order valence-corrected chi connectivity index (χ3v) is 3.08. The quantitative estimate of drug-likeness (QED) is 0.530. The molecule has 0 spiro atoms. The van der Waals surface area contributed by atoms with E-state index in [-0.39, 0.29) is 13.2 Å². The van der Waals surface area contributed by atoms with Crippen LogP contribution in [0.4, 0.5) is 4.79 Å². The van der Waals surface area contributed by atoms with Crippen LogP contribution < -0.4 is 5.32 Å². The number of rotatable bonds is 7. The largest absolute Gasteiger partial charge is 0.444 e. The molecule has 128 valence electrons. The van der Waals surface area contributed by atoms with E-state index in [2.05, 4.69) is 11.9 Å². The molecule has 0 fully saturated rings. The lowest BCUT2D eigenvalue weighted by Crippen LogP contribution is -2.52. The third kappa shape index (κ3) is 6.81. The van der Waals surface area contributed by atoms with Gasteiger partial charge >= 0.3 is 6.09 Å². The van der Waals surface area contributed by atoms with Gasteiger partial charge in [0.05, 0.1) is 18.7 Å². The van der Waals surface area contributed by atoms with Gasteiger partial charge in [-0.1, -0.05) is 36.4 Å². The molecule has 0 aliphatic heterocycles. The van der Waals surface area contributed by atoms with Gasteiger partial charge < -0.3 is 20.4 Å². The van der Waals surface area contributed by atoms with Crippen molar-refractivity contribution in [1.29, 1.82) is 0 Å². The van der Waals surface area contributed by atoms with E-state index in [0.29, 0.717) is 0 Å². The van der Waals surface area contributed by atoms with Crippen molar-refractivity contribution >= 4 is 6.09 Å². The van der Waals surface area contributed by atoms with Crippen molar-refractivity contribution in [3.63, 3.8) is 0 Å². The van der Waals surface area contributed by atoms with Gasteiger partial charge in [-0.25, -0.2) is 4.79 Å². The fourth-order valence-corrected chi connectivity index (χ4v) is 2.07. The molecule has 0 radical (unpaired) electrons. The van der Waals surface area contributed by atoms with E-state index >= 15 is 0 Å². The van der Waals surface area contributed by atoms with Gasteiger partial charge in [-0.15, -0.1) is 6.58 Å². The molecule has 2 unspecified atom stereocenters. The van der Waals surface area contributed by atoms with Crippen LogP contribution in [-0.4, -0.2) is 45.8 Å². The van der Waals surface area contributed by atoms with Crippen LogP contribution in [-0.2, 0) is 11.3 Å². The van der Waals surface area contributed by atoms with Crippen LogP contribution in [0.15, 0.2) is 43.0 Å². The van der Waals surface area contributed by atoms with Crippen LogP contribution in [0.2, 0.25) is 0 Å². The summed E-state index contributed by atoms with van der Waals surface area (Å²) in [7, 11) is 0. The Balaban J connectivity index is 2.71. The molecule has 1 aromatic carbocycles. The van der Waals surface area contributed by atoms with E-state index in [1.807, 2.05) is 30.3 Å². The molecule has 0 aliphatic rings. The fraction of sp³-hybridized carbons (Fsp3) is 0.471. The molecule has 0 bridgehead atoms. The van der Waals surface area contributed by atoms with E-state index in [1.54, 1.807) is 20.8 Å². The minimum atomic E-state index is -0.740. The zero-order chi connectivity index (χ0) is 17.5. The summed E-state index contributed by atoms with van der Waals surface area (Å²) in [6.45, 7) is 8.80. The highest BCUT2D eigenvalue weighted by molar-refractivity contribution is 5.68. The van der Waals surface area contributed by atoms with E-state index in [4.69, 9.17) is 4.74 Å². The summed E-state index contributed by atoms with van der Waals surface area (Å²) in [5.41, 5.74) is 0.257. The van der Waals surface area contributed by atoms with Gasteiger partial charge in [0, 0.05) is 6.54 Å². The highest BCUT2D eigenvalue weighted by Crippen LogP contribution is 2.12. The SMILES string of the molecule is C=CC(C(CO)NC(=O)OC(C)(C)C)N(O)Cc1ccccc1. The summed E-state index contributed by atoms with van der Waals surface area (Å²) >= 11 is 0. The van der Waals surface area contributed by atoms with Crippen LogP contribution in [0.3, 0.4) is 0 Å². The molecule has 1 rings (SSSR count). The van der Waals surface area contributed by atoms with Gasteiger partial charge in [0.2, 0.25) is 0 Å². The van der Waals surface area contributed by atoms with Gasteiger partial charge in [-0.3, -0.25) is 0 Å². The second-order valence-corrected chi connectivity index (χ2v) is 6.24. The van der Waals surface area contributed by atoms with Gasteiger partial charge in [0.15, 0.2) is 0 Å². The number of hydrogen-bond acceptors (Lipinski definition) is 5. The highest BCUT2D eigenvalue weighted by atomic mass is 16.6. The second kappa shape index (κ2) is 8.67. The molecule has 1 aromatic rings. The Morgan fingerprint density at radius 3 is 2.48 bits per heavy atom. The number of benzene rings is 1. The Labute approximate surface area is 137 Å². The Morgan fingerprint density at radius 1 is 1.39 bits per heavy atom. The number of hydroxylamine groups is 2. The number of alkyl carbamates (subject to hydrolysis) is 1. The first-order chi connectivity index (χ1) is 10.8. The molecule has 0 saturated heterocycles. The van der Waals surface area contributed by atoms with Crippen molar-refractivity contribution in [3.05, 3.63) is 48.6 Å². The molecule has 6 heteroatoms. The van der Waals surface area contributed by atoms with Gasteiger partial charge in [0.25, 0.3) is 0 Å². The number of nitrogens with one attached hydrogen (secondary N) is 1. The molecule has 6 nitrogen and oxygen atoms in total. The number of aliphatic hydroxyl groups is 1. The van der Waals surface area contributed by atoms with Crippen molar-refractivity contribution in [2.75, 3.05) is 6.61 Å². The minimum absolute atomic E-state index is 0.240. The molecule has 0 aliphatic carbocycles. The molecule has 3 N–H and O–H groups in total. The summed E-state index contributed by atoms with van der Waals surface area (Å²) in [6, 6.07) is 7.97. The Morgan fingerprint density at radius 2 is 2.00 bits per heavy atom. The normalized spacial score (nSPS) is 14.2. The molecule has 23 heavy (non-hydrogen) atoms. The van der Waals surface area contributed by atoms with Crippen LogP contribution in [0.25, 0.3) is 0 Å². The zero-order valence-electron chi connectivity index (χ0n) is 13.9. The number of nitrogens with zero attached hydrogens (tertiary/aromatic N) is 1. The highest BCUT2D eigenvalue weighted by Gasteiger charge is 2.27. The first-order valence-corrected chi connectivity index (χ1v) is 7.49. The second-order valence-electron chi connectivity index (χ2n) is 6.24. The Kier molecular flexibility index (Phi) is 7.22. The van der Waals surface area contributed by atoms with Gasteiger partial charge in [-0.2, -0.15) is 5.06 Å². The molecule has 1 amide bonds. The van der Waals surface area contributed by atoms with Crippen molar-refractivity contribution in [2.24, 2.45) is 0 Å². The molecular formula is C17H26N2O4. The Bertz CT molecular complexity index is 499. The van der Waals surface area contributed by atoms with E-state index in [9.17, 15) is 15.1 Å². The number of carbonyl (C=O) groups excluding carboxylic acids is 1. The number of hydrogen-bond donors (Lipinski definition) is 3. The van der Waals surface area contributed by atoms with Gasteiger partial charge in [0.1, 0.15) is 5.60 Å². The fourth-order valence-electron chi connectivity index (χ4n) is 2.07. The van der Waals surface area contributed by atoms with Crippen molar-refractivity contribution < 1.29 is 19.8 Å². The maximum Gasteiger partial charge on any atom is 0.408 e. The van der Waals surface area contributed by atoms with Gasteiger partial charge in [-0.05, 0) is 26.3 Å². The van der Waals surface area contributed by atoms with Crippen LogP contribution in [0.1, 0.15) is 26.3 Å². The lowest BCUT2D eigenvalue weighted by atomic mass is 10.1. The standard InChI is InChI=1S/C17H26N2O4/c1-5-15(19(22)11-13-9-7-6-8-10-13)14(12-20)18-16(21)23-17(2,3)4/h5-10,14-15,20,22H,1,11-12H2,2-4H3,(H,18,21). The summed E-state index contributed by atoms with van der Waals surface area (Å²) in [4.78, 5) is 11.9. The number of amides is 1. The van der Waals surface area contributed by atoms with Crippen LogP contribution in [0.5, 0.6) is 0 Å². The predicted octanol–water partition coefficient (Wildman–Crippen LogP) is 2.32. The monoisotopic (exact) mass is 322 g/mol. The summed E-state index contributed by atoms with van der Waals surface area (Å²) in [6.07, 6.45) is 0.817. The zero-order valence-corrected chi connectivity index (χ0v) is 13.9. The topological polar surface area (TPSA) is 82.0 Å². The lowest BCUT2D eigenvalue weighted by molar-refractivity contribution is -0.132. The number of aliphatic hydroxyl groups excluding tert-OH is 1. The molecule has 0 heterocycles. The lowest BCUT2D eigenvalue weighted by Gasteiger charge is -2.31. The van der Waals surface area contributed by atoms with Crippen molar-refractivity contribution in [1.82, 2.24) is 10.4 Å². The smallest absolute Gasteiger partial charge is 0.408 e. The van der Waals surface area contributed by atoms with Crippen LogP contribution >= 0.6 is 0 Å². The molecule has 2 atom stereocenters. The maximum atomic E-state index is 11.9. The minimum Gasteiger partial charge on any atom is -0.444 e.